The molecule has 0 radical (unpaired) electrons. The van der Waals surface area contributed by atoms with Crippen molar-refractivity contribution in [3.8, 4) is 0 Å². The Morgan fingerprint density at radius 3 is 2.63 bits per heavy atom. The van der Waals surface area contributed by atoms with Crippen LogP contribution >= 0.6 is 11.3 Å². The van der Waals surface area contributed by atoms with E-state index in [4.69, 9.17) is 10.5 Å². The summed E-state index contributed by atoms with van der Waals surface area (Å²) in [7, 11) is 0. The quantitative estimate of drug-likeness (QED) is 0.644. The molecule has 1 heterocycles. The third-order valence-corrected chi connectivity index (χ3v) is 3.34. The first kappa shape index (κ1) is 15.9. The molecule has 1 aromatic heterocycles. The van der Waals surface area contributed by atoms with Gasteiger partial charge in [-0.05, 0) is 45.1 Å². The molecular weight excluding hydrogens is 262 g/mol. The molecule has 2 N–H and O–H groups in total. The SMILES string of the molecule is CC(C)(C)OC(=O)C(N)CCCC(=O)c1cccs1. The van der Waals surface area contributed by atoms with Gasteiger partial charge in [0.1, 0.15) is 11.6 Å². The number of rotatable bonds is 6. The minimum Gasteiger partial charge on any atom is -0.459 e. The van der Waals surface area contributed by atoms with E-state index in [-0.39, 0.29) is 5.78 Å². The van der Waals surface area contributed by atoms with E-state index in [1.807, 2.05) is 11.4 Å². The second-order valence-corrected chi connectivity index (χ2v) is 6.38. The van der Waals surface area contributed by atoms with E-state index in [1.165, 1.54) is 11.3 Å². The summed E-state index contributed by atoms with van der Waals surface area (Å²) in [6, 6.07) is 3.00. The molecule has 0 saturated heterocycles. The summed E-state index contributed by atoms with van der Waals surface area (Å²) in [4.78, 5) is 24.1. The number of thiophene rings is 1. The molecule has 0 amide bonds. The van der Waals surface area contributed by atoms with Gasteiger partial charge in [0.25, 0.3) is 0 Å². The lowest BCUT2D eigenvalue weighted by atomic mass is 10.1. The number of carbonyl (C=O) groups is 2. The highest BCUT2D eigenvalue weighted by molar-refractivity contribution is 7.12. The third kappa shape index (κ3) is 5.98. The Morgan fingerprint density at radius 1 is 1.42 bits per heavy atom. The molecule has 0 saturated carbocycles. The van der Waals surface area contributed by atoms with Crippen LogP contribution in [0.3, 0.4) is 0 Å². The fourth-order valence-electron chi connectivity index (χ4n) is 1.54. The zero-order chi connectivity index (χ0) is 14.5. The summed E-state index contributed by atoms with van der Waals surface area (Å²) in [5, 5.41) is 1.87. The van der Waals surface area contributed by atoms with Gasteiger partial charge in [0.15, 0.2) is 5.78 Å². The highest BCUT2D eigenvalue weighted by atomic mass is 32.1. The second kappa shape index (κ2) is 6.82. The summed E-state index contributed by atoms with van der Waals surface area (Å²) in [6.07, 6.45) is 1.47. The second-order valence-electron chi connectivity index (χ2n) is 5.43. The molecule has 5 heteroatoms. The highest BCUT2D eigenvalue weighted by Gasteiger charge is 2.22. The third-order valence-electron chi connectivity index (χ3n) is 2.42. The molecule has 0 fully saturated rings. The molecule has 1 rings (SSSR count). The number of ether oxygens (including phenoxy) is 1. The lowest BCUT2D eigenvalue weighted by molar-refractivity contribution is -0.156. The first-order valence-electron chi connectivity index (χ1n) is 6.35. The van der Waals surface area contributed by atoms with E-state index in [1.54, 1.807) is 26.8 Å². The van der Waals surface area contributed by atoms with E-state index < -0.39 is 17.6 Å². The topological polar surface area (TPSA) is 69.4 Å². The van der Waals surface area contributed by atoms with E-state index in [2.05, 4.69) is 0 Å². The maximum Gasteiger partial charge on any atom is 0.323 e. The average molecular weight is 283 g/mol. The monoisotopic (exact) mass is 283 g/mol. The van der Waals surface area contributed by atoms with Gasteiger partial charge in [0.05, 0.1) is 4.88 Å². The van der Waals surface area contributed by atoms with Crippen LogP contribution in [0.4, 0.5) is 0 Å². The molecular formula is C14H21NO3S. The Kier molecular flexibility index (Phi) is 5.69. The minimum absolute atomic E-state index is 0.103. The average Bonchev–Trinajstić information content (AvgIpc) is 2.79. The Hall–Kier alpha value is -1.20. The summed E-state index contributed by atoms with van der Waals surface area (Å²) >= 11 is 1.43. The van der Waals surface area contributed by atoms with Crippen LogP contribution in [0.2, 0.25) is 0 Å². The van der Waals surface area contributed by atoms with Crippen LogP contribution in [0.15, 0.2) is 17.5 Å². The Balaban J connectivity index is 2.29. The molecule has 1 aromatic rings. The number of Topliss-reactive ketones (excluding diaryl/α,β-unsaturated/α-hetero) is 1. The maximum absolute atomic E-state index is 11.7. The number of esters is 1. The van der Waals surface area contributed by atoms with E-state index in [0.717, 1.165) is 4.88 Å². The summed E-state index contributed by atoms with van der Waals surface area (Å²) < 4.78 is 5.18. The Bertz CT molecular complexity index is 420. The summed E-state index contributed by atoms with van der Waals surface area (Å²) in [6.45, 7) is 5.41. The van der Waals surface area contributed by atoms with Crippen LogP contribution in [0, 0.1) is 0 Å². The molecule has 1 unspecified atom stereocenters. The number of nitrogens with two attached hydrogens (primary N) is 1. The van der Waals surface area contributed by atoms with Crippen molar-refractivity contribution in [2.24, 2.45) is 5.73 Å². The normalized spacial score (nSPS) is 13.1. The highest BCUT2D eigenvalue weighted by Crippen LogP contribution is 2.14. The fraction of sp³-hybridized carbons (Fsp3) is 0.571. The standard InChI is InChI=1S/C14H21NO3S/c1-14(2,3)18-13(17)10(15)6-4-7-11(16)12-8-5-9-19-12/h5,8-10H,4,6-7,15H2,1-3H3. The number of carbonyl (C=O) groups excluding carboxylic acids is 2. The zero-order valence-corrected chi connectivity index (χ0v) is 12.5. The fourth-order valence-corrected chi connectivity index (χ4v) is 2.23. The zero-order valence-electron chi connectivity index (χ0n) is 11.6. The molecule has 4 nitrogen and oxygen atoms in total. The van der Waals surface area contributed by atoms with Gasteiger partial charge in [-0.25, -0.2) is 0 Å². The molecule has 1 atom stereocenters. The van der Waals surface area contributed by atoms with E-state index >= 15 is 0 Å². The minimum atomic E-state index is -0.657. The molecule has 0 bridgehead atoms. The first-order chi connectivity index (χ1) is 8.79. The molecule has 0 spiro atoms. The molecule has 106 valence electrons. The van der Waals surface area contributed by atoms with Crippen molar-refractivity contribution in [2.45, 2.75) is 51.7 Å². The summed E-state index contributed by atoms with van der Waals surface area (Å²) in [5.74, 6) is -0.303. The van der Waals surface area contributed by atoms with E-state index in [0.29, 0.717) is 19.3 Å². The van der Waals surface area contributed by atoms with Crippen molar-refractivity contribution in [3.63, 3.8) is 0 Å². The van der Waals surface area contributed by atoms with Crippen molar-refractivity contribution < 1.29 is 14.3 Å². The predicted octanol–water partition coefficient (Wildman–Crippen LogP) is 2.77. The molecule has 0 aliphatic carbocycles. The van der Waals surface area contributed by atoms with Gasteiger partial charge >= 0.3 is 5.97 Å². The number of hydrogen-bond acceptors (Lipinski definition) is 5. The van der Waals surface area contributed by atoms with Gasteiger partial charge < -0.3 is 10.5 Å². The molecule has 19 heavy (non-hydrogen) atoms. The largest absolute Gasteiger partial charge is 0.459 e. The predicted molar refractivity (Wildman–Crippen MR) is 76.3 cm³/mol. The van der Waals surface area contributed by atoms with Crippen molar-refractivity contribution in [3.05, 3.63) is 22.4 Å². The van der Waals surface area contributed by atoms with Crippen LogP contribution in [0.1, 0.15) is 49.7 Å². The lowest BCUT2D eigenvalue weighted by Crippen LogP contribution is -2.37. The van der Waals surface area contributed by atoms with Crippen molar-refractivity contribution in [1.82, 2.24) is 0 Å². The van der Waals surface area contributed by atoms with E-state index in [9.17, 15) is 9.59 Å². The molecule has 0 aliphatic rings. The summed E-state index contributed by atoms with van der Waals surface area (Å²) in [5.41, 5.74) is 5.22. The first-order valence-corrected chi connectivity index (χ1v) is 7.23. The Morgan fingerprint density at radius 2 is 2.11 bits per heavy atom. The van der Waals surface area contributed by atoms with Crippen LogP contribution in [-0.2, 0) is 9.53 Å². The maximum atomic E-state index is 11.7. The molecule has 0 aromatic carbocycles. The molecule has 0 aliphatic heterocycles. The van der Waals surface area contributed by atoms with Gasteiger partial charge in [-0.1, -0.05) is 6.07 Å². The van der Waals surface area contributed by atoms with Gasteiger partial charge in [-0.2, -0.15) is 0 Å². The number of ketones is 1. The van der Waals surface area contributed by atoms with Crippen LogP contribution in [0.5, 0.6) is 0 Å². The lowest BCUT2D eigenvalue weighted by Gasteiger charge is -2.22. The van der Waals surface area contributed by atoms with Gasteiger partial charge in [-0.3, -0.25) is 9.59 Å². The number of hydrogen-bond donors (Lipinski definition) is 1. The van der Waals surface area contributed by atoms with Crippen molar-refractivity contribution >= 4 is 23.1 Å². The van der Waals surface area contributed by atoms with Crippen LogP contribution in [0.25, 0.3) is 0 Å². The van der Waals surface area contributed by atoms with Crippen LogP contribution < -0.4 is 5.73 Å². The van der Waals surface area contributed by atoms with Crippen LogP contribution in [-0.4, -0.2) is 23.4 Å². The van der Waals surface area contributed by atoms with Crippen molar-refractivity contribution in [1.29, 1.82) is 0 Å². The smallest absolute Gasteiger partial charge is 0.323 e. The van der Waals surface area contributed by atoms with Crippen molar-refractivity contribution in [2.75, 3.05) is 0 Å². The van der Waals surface area contributed by atoms with Gasteiger partial charge in [0.2, 0.25) is 0 Å². The van der Waals surface area contributed by atoms with Gasteiger partial charge in [0, 0.05) is 6.42 Å². The van der Waals surface area contributed by atoms with Gasteiger partial charge in [-0.15, -0.1) is 11.3 Å². The Labute approximate surface area is 117 Å².